The molecule has 0 saturated heterocycles. The third kappa shape index (κ3) is 9.77. The summed E-state index contributed by atoms with van der Waals surface area (Å²) < 4.78 is 55.2. The van der Waals surface area contributed by atoms with Gasteiger partial charge in [-0.05, 0) is 203 Å². The third-order valence-electron chi connectivity index (χ3n) is 24.5. The Morgan fingerprint density at radius 2 is 0.693 bits per heavy atom. The molecule has 5 nitrogen and oxygen atoms in total. The van der Waals surface area contributed by atoms with E-state index in [-0.39, 0.29) is 11.2 Å². The van der Waals surface area contributed by atoms with E-state index in [1.165, 1.54) is 28.8 Å². The van der Waals surface area contributed by atoms with Crippen LogP contribution in [0.1, 0.15) is 55.5 Å². The van der Waals surface area contributed by atoms with Crippen molar-refractivity contribution in [2.45, 2.75) is 38.5 Å². The zero-order valence-electron chi connectivity index (χ0n) is 62.6. The van der Waals surface area contributed by atoms with Crippen LogP contribution in [0.3, 0.4) is 0 Å². The first-order chi connectivity index (χ1) is 55.8. The van der Waals surface area contributed by atoms with Gasteiger partial charge in [0.2, 0.25) is 0 Å². The number of hydrogen-bond donors (Lipinski definition) is 0. The van der Waals surface area contributed by atoms with Crippen molar-refractivity contribution >= 4 is 164 Å². The third-order valence-corrected chi connectivity index (χ3v) is 25.7. The van der Waals surface area contributed by atoms with Crippen LogP contribution in [-0.2, 0) is 10.8 Å². The molecule has 1 heterocycles. The fourth-order valence-electron chi connectivity index (χ4n) is 19.3. The Morgan fingerprint density at radius 3 is 1.27 bits per heavy atom. The van der Waals surface area contributed by atoms with E-state index in [1.807, 2.05) is 91.0 Å². The predicted octanol–water partition coefficient (Wildman–Crippen LogP) is 30.3. The van der Waals surface area contributed by atoms with Crippen molar-refractivity contribution in [2.75, 3.05) is 19.6 Å². The molecule has 20 aromatic rings. The van der Waals surface area contributed by atoms with E-state index in [0.717, 1.165) is 175 Å². The van der Waals surface area contributed by atoms with Gasteiger partial charge in [0.15, 0.2) is 0 Å². The minimum Gasteiger partial charge on any atom is -0.308 e. The number of nitrogens with zero attached hydrogens (tertiary/aromatic N) is 5. The standard InChI is InChI=1S/C105H68F3N5S/c1-104(2)78-29-12-9-26-72(78)101-80(104)31-21-37-92(101)111(85-34-16-8-22-67(85)61-109)87-55-46-63-40-49-74-86(54-45-62-41-50-75(87)98(63)97(62)74)110(69-23-6-5-7-24-69)94-59-66(44-53-84(94)108)68-58-81-102(73-27-10-13-30-79(73)105(81,3)4)95(60-68)113(91-36-18-15-33-83(91)107)89-57-48-65-42-51-76-88(56-47-64-43-52-77(89)100(65)99(64)76)112(90-35-17-14-32-82(90)106)93-38-20-28-71-70-25-11-19-39-96(70)114-103(71)93/h5-60H,1-4H3. The molecular weight excluding hydrogens is 1420 g/mol. The quantitative estimate of drug-likeness (QED) is 0.108. The molecule has 0 amide bonds. The van der Waals surface area contributed by atoms with Crippen molar-refractivity contribution in [3.8, 4) is 39.4 Å². The van der Waals surface area contributed by atoms with Gasteiger partial charge in [0, 0.05) is 64.7 Å². The topological polar surface area (TPSA) is 36.8 Å². The van der Waals surface area contributed by atoms with Gasteiger partial charge in [-0.1, -0.05) is 252 Å². The van der Waals surface area contributed by atoms with E-state index in [9.17, 15) is 5.26 Å². The lowest BCUT2D eigenvalue weighted by atomic mass is 9.81. The lowest BCUT2D eigenvalue weighted by molar-refractivity contribution is 0.628. The molecular formula is C105H68F3N5S. The smallest absolute Gasteiger partial charge is 0.147 e. The Hall–Kier alpha value is -14.0. The molecule has 0 bridgehead atoms. The highest BCUT2D eigenvalue weighted by atomic mass is 32.1. The minimum atomic E-state index is -0.555. The zero-order chi connectivity index (χ0) is 76.6. The SMILES string of the molecule is CC1(C)c2ccccc2-c2c(N(c3ccccc3C#N)c3ccc4ccc5c(N(c6ccccc6)c6cc(-c7cc(N(c8ccccc8F)c8ccc9ccc%10c(N(c%11ccccc%11F)c%11cccc%12c%11sc%11ccccc%11%12)ccc%11ccc8c9c%11%10)c8c(c7)C(C)(C)c7ccccc7-8)ccc6F)ccc6ccc3c4c65)cccc21. The maximum atomic E-state index is 18.2. The van der Waals surface area contributed by atoms with Crippen molar-refractivity contribution in [3.63, 3.8) is 0 Å². The normalized spacial score (nSPS) is 13.2. The summed E-state index contributed by atoms with van der Waals surface area (Å²) >= 11 is 1.71. The van der Waals surface area contributed by atoms with E-state index in [4.69, 9.17) is 0 Å². The van der Waals surface area contributed by atoms with Gasteiger partial charge < -0.3 is 19.6 Å². The van der Waals surface area contributed by atoms with E-state index in [1.54, 1.807) is 29.5 Å². The lowest BCUT2D eigenvalue weighted by Crippen LogP contribution is -2.17. The first-order valence-corrected chi connectivity index (χ1v) is 39.5. The highest BCUT2D eigenvalue weighted by Gasteiger charge is 2.41. The van der Waals surface area contributed by atoms with Gasteiger partial charge >= 0.3 is 0 Å². The summed E-state index contributed by atoms with van der Waals surface area (Å²) in [7, 11) is 0. The number of benzene rings is 19. The predicted molar refractivity (Wildman–Crippen MR) is 471 cm³/mol. The van der Waals surface area contributed by atoms with E-state index in [2.05, 4.69) is 272 Å². The van der Waals surface area contributed by atoms with Gasteiger partial charge in [-0.25, -0.2) is 13.2 Å². The minimum absolute atomic E-state index is 0.276. The van der Waals surface area contributed by atoms with Gasteiger partial charge in [-0.3, -0.25) is 0 Å². The largest absolute Gasteiger partial charge is 0.308 e. The Labute approximate surface area is 661 Å². The maximum Gasteiger partial charge on any atom is 0.147 e. The molecule has 540 valence electrons. The average molecular weight is 1490 g/mol. The second-order valence-corrected chi connectivity index (χ2v) is 32.3. The average Bonchev–Trinajstić information content (AvgIpc) is 1.21. The maximum absolute atomic E-state index is 18.2. The fourth-order valence-corrected chi connectivity index (χ4v) is 20.5. The molecule has 114 heavy (non-hydrogen) atoms. The van der Waals surface area contributed by atoms with Gasteiger partial charge in [0.25, 0.3) is 0 Å². The van der Waals surface area contributed by atoms with Crippen LogP contribution in [-0.4, -0.2) is 0 Å². The summed E-state index contributed by atoms with van der Waals surface area (Å²) in [6.07, 6.45) is 0. The molecule has 0 radical (unpaired) electrons. The summed E-state index contributed by atoms with van der Waals surface area (Å²) in [6, 6.07) is 118. The Morgan fingerprint density at radius 1 is 0.281 bits per heavy atom. The van der Waals surface area contributed by atoms with Gasteiger partial charge in [-0.15, -0.1) is 11.3 Å². The van der Waals surface area contributed by atoms with Gasteiger partial charge in [0.1, 0.15) is 23.5 Å². The molecule has 0 aliphatic heterocycles. The number of hydrogen-bond acceptors (Lipinski definition) is 6. The molecule has 0 N–H and O–H groups in total. The highest BCUT2D eigenvalue weighted by molar-refractivity contribution is 7.26. The summed E-state index contributed by atoms with van der Waals surface area (Å²) in [4.78, 5) is 8.55. The number of para-hydroxylation sites is 4. The number of anilines is 12. The number of rotatable bonds is 13. The van der Waals surface area contributed by atoms with Gasteiger partial charge in [0.05, 0.1) is 72.8 Å². The number of fused-ring (bicyclic) bond motifs is 9. The first kappa shape index (κ1) is 66.9. The molecule has 22 rings (SSSR count). The second kappa shape index (κ2) is 25.2. The molecule has 0 fully saturated rings. The highest BCUT2D eigenvalue weighted by Crippen LogP contribution is 2.60. The van der Waals surface area contributed by atoms with Crippen molar-refractivity contribution in [3.05, 3.63) is 385 Å². The monoisotopic (exact) mass is 1490 g/mol. The van der Waals surface area contributed by atoms with Crippen molar-refractivity contribution < 1.29 is 13.2 Å². The van der Waals surface area contributed by atoms with Crippen LogP contribution in [0, 0.1) is 28.8 Å². The molecule has 9 heteroatoms. The van der Waals surface area contributed by atoms with E-state index >= 15 is 13.2 Å². The molecule has 2 aliphatic carbocycles. The van der Waals surface area contributed by atoms with Crippen LogP contribution < -0.4 is 19.6 Å². The Balaban J connectivity index is 0.737. The zero-order valence-corrected chi connectivity index (χ0v) is 63.4. The fraction of sp³-hybridized carbons (Fsp3) is 0.0571. The van der Waals surface area contributed by atoms with Crippen LogP contribution >= 0.6 is 11.3 Å². The number of nitriles is 1. The van der Waals surface area contributed by atoms with Crippen LogP contribution in [0.2, 0.25) is 0 Å². The summed E-state index contributed by atoms with van der Waals surface area (Å²) in [5.41, 5.74) is 18.8. The van der Waals surface area contributed by atoms with Gasteiger partial charge in [-0.2, -0.15) is 5.26 Å². The number of halogens is 3. The van der Waals surface area contributed by atoms with Crippen molar-refractivity contribution in [2.24, 2.45) is 0 Å². The molecule has 2 aliphatic rings. The van der Waals surface area contributed by atoms with Crippen LogP contribution in [0.4, 0.5) is 81.4 Å². The summed E-state index contributed by atoms with van der Waals surface area (Å²) in [5.74, 6) is -1.18. The van der Waals surface area contributed by atoms with Crippen molar-refractivity contribution in [1.29, 1.82) is 5.26 Å². The van der Waals surface area contributed by atoms with Crippen LogP contribution in [0.15, 0.2) is 340 Å². The molecule has 19 aromatic carbocycles. The van der Waals surface area contributed by atoms with E-state index in [0.29, 0.717) is 22.6 Å². The molecule has 1 aromatic heterocycles. The summed E-state index contributed by atoms with van der Waals surface area (Å²) in [6.45, 7) is 9.11. The molecule has 0 saturated carbocycles. The first-order valence-electron chi connectivity index (χ1n) is 38.7. The Bertz CT molecular complexity index is 7480. The Kier molecular flexibility index (Phi) is 14.8. The summed E-state index contributed by atoms with van der Waals surface area (Å²) in [5, 5.41) is 25.1. The van der Waals surface area contributed by atoms with Crippen LogP contribution in [0.5, 0.6) is 0 Å². The van der Waals surface area contributed by atoms with Crippen LogP contribution in [0.25, 0.3) is 118 Å². The lowest BCUT2D eigenvalue weighted by Gasteiger charge is -2.32. The molecule has 0 spiro atoms. The van der Waals surface area contributed by atoms with E-state index < -0.39 is 17.0 Å². The number of thiophene rings is 1. The molecule has 0 unspecified atom stereocenters. The molecule has 0 atom stereocenters. The van der Waals surface area contributed by atoms with Crippen molar-refractivity contribution in [1.82, 2.24) is 0 Å². The second-order valence-electron chi connectivity index (χ2n) is 31.3.